The van der Waals surface area contributed by atoms with Gasteiger partial charge in [0.1, 0.15) is 5.75 Å². The summed E-state index contributed by atoms with van der Waals surface area (Å²) in [6, 6.07) is 21.2. The minimum atomic E-state index is -0.0417. The zero-order chi connectivity index (χ0) is 19.2. The average molecular weight is 361 g/mol. The zero-order valence-electron chi connectivity index (χ0n) is 15.6. The number of ether oxygens (including phenoxy) is 1. The lowest BCUT2D eigenvalue weighted by Gasteiger charge is -2.17. The van der Waals surface area contributed by atoms with Crippen molar-refractivity contribution in [3.05, 3.63) is 77.9 Å². The third-order valence-electron chi connectivity index (χ3n) is 4.64. The highest BCUT2D eigenvalue weighted by Crippen LogP contribution is 2.18. The Balaban J connectivity index is 1.55. The molecule has 4 nitrogen and oxygen atoms in total. The van der Waals surface area contributed by atoms with Gasteiger partial charge in [0, 0.05) is 32.0 Å². The van der Waals surface area contributed by atoms with Gasteiger partial charge in [0.25, 0.3) is 0 Å². The number of benzene rings is 3. The number of nitrogens with zero attached hydrogens (tertiary/aromatic N) is 1. The smallest absolute Gasteiger partial charge is 0.223 e. The van der Waals surface area contributed by atoms with Crippen LogP contribution in [0.15, 0.2) is 66.7 Å². The van der Waals surface area contributed by atoms with Crippen molar-refractivity contribution in [2.45, 2.75) is 19.4 Å². The first-order valence-electron chi connectivity index (χ1n) is 8.96. The third kappa shape index (κ3) is 4.73. The van der Waals surface area contributed by atoms with Crippen LogP contribution >= 0.6 is 0 Å². The van der Waals surface area contributed by atoms with Gasteiger partial charge in [-0.05, 0) is 34.5 Å². The zero-order valence-corrected chi connectivity index (χ0v) is 15.6. The highest BCUT2D eigenvalue weighted by molar-refractivity contribution is 6.01. The first kappa shape index (κ1) is 18.6. The number of ketones is 1. The molecule has 0 aromatic heterocycles. The topological polar surface area (TPSA) is 46.6 Å². The van der Waals surface area contributed by atoms with Gasteiger partial charge < -0.3 is 9.64 Å². The molecule has 0 aliphatic heterocycles. The van der Waals surface area contributed by atoms with Crippen molar-refractivity contribution in [1.29, 1.82) is 0 Å². The molecule has 0 saturated heterocycles. The lowest BCUT2D eigenvalue weighted by Crippen LogP contribution is -2.26. The van der Waals surface area contributed by atoms with E-state index in [1.165, 1.54) is 0 Å². The minimum Gasteiger partial charge on any atom is -0.497 e. The molecule has 0 spiro atoms. The molecule has 0 bridgehead atoms. The van der Waals surface area contributed by atoms with Gasteiger partial charge in [-0.3, -0.25) is 9.59 Å². The van der Waals surface area contributed by atoms with E-state index < -0.39 is 0 Å². The van der Waals surface area contributed by atoms with E-state index in [9.17, 15) is 9.59 Å². The monoisotopic (exact) mass is 361 g/mol. The first-order valence-corrected chi connectivity index (χ1v) is 8.96. The van der Waals surface area contributed by atoms with E-state index in [0.717, 1.165) is 22.1 Å². The van der Waals surface area contributed by atoms with Crippen LogP contribution in [0.25, 0.3) is 10.8 Å². The van der Waals surface area contributed by atoms with E-state index in [1.54, 1.807) is 19.1 Å². The summed E-state index contributed by atoms with van der Waals surface area (Å²) in [4.78, 5) is 26.5. The van der Waals surface area contributed by atoms with Crippen LogP contribution in [0, 0.1) is 0 Å². The Bertz CT molecular complexity index is 947. The SMILES string of the molecule is COc1ccc(CN(C)C(=O)CCC(=O)c2ccc3ccccc3c2)cc1. The molecule has 0 N–H and O–H groups in total. The van der Waals surface area contributed by atoms with Gasteiger partial charge in [0.15, 0.2) is 5.78 Å². The van der Waals surface area contributed by atoms with E-state index >= 15 is 0 Å². The maximum atomic E-state index is 12.5. The van der Waals surface area contributed by atoms with Crippen molar-refractivity contribution in [3.8, 4) is 5.75 Å². The summed E-state index contributed by atoms with van der Waals surface area (Å²) >= 11 is 0. The molecule has 3 aromatic carbocycles. The second kappa shape index (κ2) is 8.49. The highest BCUT2D eigenvalue weighted by atomic mass is 16.5. The fourth-order valence-corrected chi connectivity index (χ4v) is 3.01. The Hall–Kier alpha value is -3.14. The maximum absolute atomic E-state index is 12.5. The van der Waals surface area contributed by atoms with Crippen molar-refractivity contribution in [3.63, 3.8) is 0 Å². The van der Waals surface area contributed by atoms with Gasteiger partial charge in [-0.15, -0.1) is 0 Å². The summed E-state index contributed by atoms with van der Waals surface area (Å²) in [6.07, 6.45) is 0.419. The van der Waals surface area contributed by atoms with E-state index in [0.29, 0.717) is 12.1 Å². The summed E-state index contributed by atoms with van der Waals surface area (Å²) in [6.45, 7) is 0.507. The predicted molar refractivity (Wildman–Crippen MR) is 107 cm³/mol. The van der Waals surface area contributed by atoms with Gasteiger partial charge in [-0.2, -0.15) is 0 Å². The molecule has 0 aliphatic rings. The molecule has 3 rings (SSSR count). The Morgan fingerprint density at radius 3 is 2.30 bits per heavy atom. The summed E-state index contributed by atoms with van der Waals surface area (Å²) < 4.78 is 5.14. The van der Waals surface area contributed by atoms with Gasteiger partial charge in [0.2, 0.25) is 5.91 Å². The van der Waals surface area contributed by atoms with Crippen LogP contribution in [0.5, 0.6) is 5.75 Å². The van der Waals surface area contributed by atoms with Gasteiger partial charge >= 0.3 is 0 Å². The Morgan fingerprint density at radius 1 is 0.889 bits per heavy atom. The van der Waals surface area contributed by atoms with Crippen LogP contribution in [0.3, 0.4) is 0 Å². The summed E-state index contributed by atoms with van der Waals surface area (Å²) in [7, 11) is 3.38. The second-order valence-electron chi connectivity index (χ2n) is 6.58. The number of fused-ring (bicyclic) bond motifs is 1. The standard InChI is InChI=1S/C23H23NO3/c1-24(16-17-7-11-21(27-2)12-8-17)23(26)14-13-22(25)20-10-9-18-5-3-4-6-19(18)15-20/h3-12,15H,13-14,16H2,1-2H3. The molecular formula is C23H23NO3. The van der Waals surface area contributed by atoms with Crippen LogP contribution in [0.2, 0.25) is 0 Å². The van der Waals surface area contributed by atoms with Gasteiger partial charge in [-0.1, -0.05) is 48.5 Å². The highest BCUT2D eigenvalue weighted by Gasteiger charge is 2.13. The largest absolute Gasteiger partial charge is 0.497 e. The lowest BCUT2D eigenvalue weighted by molar-refractivity contribution is -0.130. The maximum Gasteiger partial charge on any atom is 0.223 e. The summed E-state index contributed by atoms with van der Waals surface area (Å²) in [5.41, 5.74) is 1.67. The number of hydrogen-bond donors (Lipinski definition) is 0. The number of amides is 1. The molecule has 4 heteroatoms. The number of methoxy groups -OCH3 is 1. The van der Waals surface area contributed by atoms with Crippen LogP contribution in [-0.4, -0.2) is 30.7 Å². The second-order valence-corrected chi connectivity index (χ2v) is 6.58. The summed E-state index contributed by atoms with van der Waals surface area (Å²) in [5.74, 6) is 0.737. The van der Waals surface area contributed by atoms with Crippen molar-refractivity contribution in [2.75, 3.05) is 14.2 Å². The van der Waals surface area contributed by atoms with Crippen LogP contribution < -0.4 is 4.74 Å². The number of Topliss-reactive ketones (excluding diaryl/α,β-unsaturated/α-hetero) is 1. The number of rotatable bonds is 7. The van der Waals surface area contributed by atoms with Crippen LogP contribution in [-0.2, 0) is 11.3 Å². The predicted octanol–water partition coefficient (Wildman–Crippen LogP) is 4.47. The number of hydrogen-bond acceptors (Lipinski definition) is 3. The van der Waals surface area contributed by atoms with Crippen LogP contribution in [0.4, 0.5) is 0 Å². The Labute approximate surface area is 159 Å². The van der Waals surface area contributed by atoms with E-state index in [4.69, 9.17) is 4.74 Å². The third-order valence-corrected chi connectivity index (χ3v) is 4.64. The molecule has 27 heavy (non-hydrogen) atoms. The fraction of sp³-hybridized carbons (Fsp3) is 0.217. The molecular weight excluding hydrogens is 338 g/mol. The molecule has 0 heterocycles. The minimum absolute atomic E-state index is 0.00745. The molecule has 1 amide bonds. The molecule has 138 valence electrons. The molecule has 0 aliphatic carbocycles. The molecule has 0 atom stereocenters. The summed E-state index contributed by atoms with van der Waals surface area (Å²) in [5, 5.41) is 2.13. The van der Waals surface area contributed by atoms with Crippen LogP contribution in [0.1, 0.15) is 28.8 Å². The fourth-order valence-electron chi connectivity index (χ4n) is 3.01. The lowest BCUT2D eigenvalue weighted by atomic mass is 10.0. The van der Waals surface area contributed by atoms with Gasteiger partial charge in [-0.25, -0.2) is 0 Å². The Morgan fingerprint density at radius 2 is 1.59 bits per heavy atom. The number of carbonyl (C=O) groups excluding carboxylic acids is 2. The first-order chi connectivity index (χ1) is 13.1. The molecule has 0 saturated carbocycles. The van der Waals surface area contributed by atoms with Gasteiger partial charge in [0.05, 0.1) is 7.11 Å². The normalized spacial score (nSPS) is 10.6. The molecule has 0 fully saturated rings. The average Bonchev–Trinajstić information content (AvgIpc) is 2.71. The quantitative estimate of drug-likeness (QED) is 0.583. The van der Waals surface area contributed by atoms with E-state index in [1.807, 2.05) is 66.7 Å². The van der Waals surface area contributed by atoms with Crippen molar-refractivity contribution >= 4 is 22.5 Å². The molecule has 0 radical (unpaired) electrons. The van der Waals surface area contributed by atoms with Crippen molar-refractivity contribution in [1.82, 2.24) is 4.90 Å². The Kier molecular flexibility index (Phi) is 5.87. The van der Waals surface area contributed by atoms with Crippen molar-refractivity contribution < 1.29 is 14.3 Å². The molecule has 3 aromatic rings. The number of carbonyl (C=O) groups is 2. The van der Waals surface area contributed by atoms with Crippen molar-refractivity contribution in [2.24, 2.45) is 0 Å². The van der Waals surface area contributed by atoms with E-state index in [-0.39, 0.29) is 24.5 Å². The molecule has 0 unspecified atom stereocenters. The van der Waals surface area contributed by atoms with E-state index in [2.05, 4.69) is 0 Å².